The fourth-order valence-electron chi connectivity index (χ4n) is 4.31. The van der Waals surface area contributed by atoms with Crippen LogP contribution in [0, 0.1) is 0 Å². The Kier molecular flexibility index (Phi) is 21.1. The van der Waals surface area contributed by atoms with Crippen LogP contribution in [0.4, 0.5) is 0 Å². The van der Waals surface area contributed by atoms with Gasteiger partial charge in [-0.25, -0.2) is 0 Å². The van der Waals surface area contributed by atoms with E-state index in [1.165, 1.54) is 70.6 Å². The minimum Gasteiger partial charge on any atom is -0.367 e. The molecule has 0 radical (unpaired) electrons. The number of unbranched alkanes of at least 4 members (excludes halogenated alkanes) is 11. The van der Waals surface area contributed by atoms with Crippen LogP contribution in [0.1, 0.15) is 96.0 Å². The maximum Gasteiger partial charge on any atom is 0.146 e. The van der Waals surface area contributed by atoms with E-state index in [4.69, 9.17) is 23.7 Å². The molecule has 202 valence electrons. The van der Waals surface area contributed by atoms with E-state index in [2.05, 4.69) is 25.6 Å². The van der Waals surface area contributed by atoms with Crippen LogP contribution in [0.2, 0.25) is 0 Å². The summed E-state index contributed by atoms with van der Waals surface area (Å²) in [6.45, 7) is 7.15. The van der Waals surface area contributed by atoms with Crippen molar-refractivity contribution in [2.75, 3.05) is 27.8 Å². The molecule has 0 saturated heterocycles. The lowest BCUT2D eigenvalue weighted by atomic mass is 9.99. The number of methoxy groups -OCH3 is 2. The second kappa shape index (κ2) is 23.2. The number of ether oxygens (including phenoxy) is 5. The van der Waals surface area contributed by atoms with Crippen molar-refractivity contribution in [2.24, 2.45) is 0 Å². The maximum atomic E-state index is 6.19. The number of rotatable bonds is 25. The van der Waals surface area contributed by atoms with Gasteiger partial charge < -0.3 is 23.7 Å². The lowest BCUT2D eigenvalue weighted by Crippen LogP contribution is -2.42. The highest BCUT2D eigenvalue weighted by Crippen LogP contribution is 2.21. The summed E-state index contributed by atoms with van der Waals surface area (Å²) < 4.78 is 28.7. The summed E-state index contributed by atoms with van der Waals surface area (Å²) in [6, 6.07) is 10.1. The molecule has 0 aliphatic heterocycles. The Balaban J connectivity index is 2.45. The van der Waals surface area contributed by atoms with Crippen molar-refractivity contribution in [1.29, 1.82) is 0 Å². The smallest absolute Gasteiger partial charge is 0.146 e. The van der Waals surface area contributed by atoms with Gasteiger partial charge in [-0.3, -0.25) is 0 Å². The molecule has 0 saturated carbocycles. The predicted octanol–water partition coefficient (Wildman–Crippen LogP) is 7.83. The van der Waals surface area contributed by atoms with Crippen LogP contribution in [0.3, 0.4) is 0 Å². The Morgan fingerprint density at radius 1 is 0.714 bits per heavy atom. The van der Waals surface area contributed by atoms with E-state index in [0.29, 0.717) is 6.61 Å². The van der Waals surface area contributed by atoms with E-state index in [1.807, 2.05) is 18.2 Å². The van der Waals surface area contributed by atoms with Crippen LogP contribution < -0.4 is 0 Å². The van der Waals surface area contributed by atoms with Gasteiger partial charge in [-0.05, 0) is 12.0 Å². The van der Waals surface area contributed by atoms with Crippen molar-refractivity contribution < 1.29 is 23.7 Å². The molecule has 5 heteroatoms. The summed E-state index contributed by atoms with van der Waals surface area (Å²) in [4.78, 5) is 0. The van der Waals surface area contributed by atoms with Crippen LogP contribution in [0.5, 0.6) is 0 Å². The zero-order valence-corrected chi connectivity index (χ0v) is 22.8. The average molecular weight is 493 g/mol. The fraction of sp³-hybridized carbons (Fsp3) is 0.733. The van der Waals surface area contributed by atoms with Crippen LogP contribution >= 0.6 is 0 Å². The number of hydrogen-bond acceptors (Lipinski definition) is 5. The van der Waals surface area contributed by atoms with Crippen molar-refractivity contribution in [3.05, 3.63) is 48.6 Å². The quantitative estimate of drug-likeness (QED) is 0.0790. The van der Waals surface area contributed by atoms with Gasteiger partial charge in [-0.15, -0.1) is 6.58 Å². The molecule has 35 heavy (non-hydrogen) atoms. The van der Waals surface area contributed by atoms with E-state index in [9.17, 15) is 0 Å². The topological polar surface area (TPSA) is 46.2 Å². The minimum absolute atomic E-state index is 0.160. The van der Waals surface area contributed by atoms with Crippen LogP contribution in [0.25, 0.3) is 0 Å². The first kappa shape index (κ1) is 31.8. The highest BCUT2D eigenvalue weighted by Gasteiger charge is 2.30. The molecule has 1 rings (SSSR count). The van der Waals surface area contributed by atoms with Crippen molar-refractivity contribution in [3.63, 3.8) is 0 Å². The second-order valence-electron chi connectivity index (χ2n) is 9.32. The normalized spacial score (nSPS) is 14.0. The van der Waals surface area contributed by atoms with E-state index in [-0.39, 0.29) is 31.9 Å². The summed E-state index contributed by atoms with van der Waals surface area (Å²) in [5, 5.41) is 0. The van der Waals surface area contributed by atoms with Gasteiger partial charge in [-0.2, -0.15) is 0 Å². The molecule has 0 unspecified atom stereocenters. The Labute approximate surface area is 215 Å². The Morgan fingerprint density at radius 3 is 1.80 bits per heavy atom. The summed E-state index contributed by atoms with van der Waals surface area (Å²) in [6.07, 6.45) is 17.8. The predicted molar refractivity (Wildman–Crippen MR) is 144 cm³/mol. The average Bonchev–Trinajstić information content (AvgIpc) is 2.89. The third kappa shape index (κ3) is 16.2. The van der Waals surface area contributed by atoms with Crippen LogP contribution in [0.15, 0.2) is 43.0 Å². The largest absolute Gasteiger partial charge is 0.367 e. The molecule has 0 N–H and O–H groups in total. The van der Waals surface area contributed by atoms with Gasteiger partial charge >= 0.3 is 0 Å². The molecule has 0 fully saturated rings. The summed E-state index contributed by atoms with van der Waals surface area (Å²) >= 11 is 0. The molecule has 0 amide bonds. The molecule has 0 heterocycles. The highest BCUT2D eigenvalue weighted by atomic mass is 16.7. The highest BCUT2D eigenvalue weighted by molar-refractivity contribution is 5.13. The van der Waals surface area contributed by atoms with Crippen molar-refractivity contribution in [1.82, 2.24) is 0 Å². The Morgan fingerprint density at radius 2 is 1.26 bits per heavy atom. The summed E-state index contributed by atoms with van der Waals surface area (Å²) in [5.74, 6) is 0. The van der Waals surface area contributed by atoms with Gasteiger partial charge in [-0.1, -0.05) is 120 Å². The Bertz CT molecular complexity index is 579. The van der Waals surface area contributed by atoms with E-state index >= 15 is 0 Å². The lowest BCUT2D eigenvalue weighted by Gasteiger charge is -2.32. The zero-order valence-electron chi connectivity index (χ0n) is 22.8. The standard InChI is InChI=1S/C30H52O5/c1-5-7-8-9-10-11-12-13-14-15-16-20-23-29(34-25-31-3)30(35-26-32-4)28(6-2)33-24-27-21-18-17-19-22-27/h6,17-19,21-22,28-30H,2,5,7-16,20,23-26H2,1,3-4H3/t28-,29+,30+/m1/s1. The van der Waals surface area contributed by atoms with Gasteiger partial charge in [0.1, 0.15) is 25.8 Å². The molecule has 0 spiro atoms. The first-order valence-corrected chi connectivity index (χ1v) is 13.8. The lowest BCUT2D eigenvalue weighted by molar-refractivity contribution is -0.189. The van der Waals surface area contributed by atoms with Crippen molar-refractivity contribution in [2.45, 2.75) is 115 Å². The first-order chi connectivity index (χ1) is 17.3. The molecule has 0 aliphatic carbocycles. The van der Waals surface area contributed by atoms with Crippen LogP contribution in [-0.4, -0.2) is 46.1 Å². The van der Waals surface area contributed by atoms with Gasteiger partial charge in [0.15, 0.2) is 0 Å². The van der Waals surface area contributed by atoms with Gasteiger partial charge in [0, 0.05) is 14.2 Å². The third-order valence-electron chi connectivity index (χ3n) is 6.33. The fourth-order valence-corrected chi connectivity index (χ4v) is 4.31. The van der Waals surface area contributed by atoms with Gasteiger partial charge in [0.05, 0.1) is 12.7 Å². The molecular weight excluding hydrogens is 440 g/mol. The SMILES string of the molecule is C=C[C@@H](OCc1ccccc1)[C@H](OCOC)[C@H](CCCCCCCCCCCCCC)OCOC. The minimum atomic E-state index is -0.320. The van der Waals surface area contributed by atoms with Gasteiger partial charge in [0.2, 0.25) is 0 Å². The summed E-state index contributed by atoms with van der Waals surface area (Å²) in [5.41, 5.74) is 1.11. The maximum absolute atomic E-state index is 6.19. The number of benzene rings is 1. The van der Waals surface area contributed by atoms with Crippen molar-refractivity contribution >= 4 is 0 Å². The molecule has 3 atom stereocenters. The first-order valence-electron chi connectivity index (χ1n) is 13.8. The molecule has 0 aromatic heterocycles. The van der Waals surface area contributed by atoms with E-state index in [1.54, 1.807) is 20.3 Å². The molecule has 1 aromatic rings. The molecular formula is C30H52O5. The number of hydrogen-bond donors (Lipinski definition) is 0. The monoisotopic (exact) mass is 492 g/mol. The Hall–Kier alpha value is -1.24. The van der Waals surface area contributed by atoms with E-state index < -0.39 is 0 Å². The van der Waals surface area contributed by atoms with Crippen LogP contribution in [-0.2, 0) is 30.3 Å². The molecule has 5 nitrogen and oxygen atoms in total. The van der Waals surface area contributed by atoms with Gasteiger partial charge in [0.25, 0.3) is 0 Å². The van der Waals surface area contributed by atoms with E-state index in [0.717, 1.165) is 18.4 Å². The molecule has 0 aliphatic rings. The molecule has 1 aromatic carbocycles. The second-order valence-corrected chi connectivity index (χ2v) is 9.32. The zero-order chi connectivity index (χ0) is 25.4. The van der Waals surface area contributed by atoms with Crippen molar-refractivity contribution in [3.8, 4) is 0 Å². The molecule has 0 bridgehead atoms. The summed E-state index contributed by atoms with van der Waals surface area (Å²) in [7, 11) is 3.27. The third-order valence-corrected chi connectivity index (χ3v) is 6.33.